The van der Waals surface area contributed by atoms with E-state index in [1.54, 1.807) is 6.07 Å². The fourth-order valence-corrected chi connectivity index (χ4v) is 3.38. The number of hydrogen-bond acceptors (Lipinski definition) is 1. The molecule has 0 saturated heterocycles. The molecule has 1 N–H and O–H groups in total. The Kier molecular flexibility index (Phi) is 3.96. The highest BCUT2D eigenvalue weighted by Crippen LogP contribution is 2.36. The van der Waals surface area contributed by atoms with E-state index in [1.165, 1.54) is 33.4 Å². The van der Waals surface area contributed by atoms with Crippen molar-refractivity contribution in [1.29, 1.82) is 0 Å². The van der Waals surface area contributed by atoms with E-state index in [-0.39, 0.29) is 0 Å². The molecule has 0 atom stereocenters. The molecular weight excluding hydrogens is 280 g/mol. The van der Waals surface area contributed by atoms with E-state index in [0.717, 1.165) is 11.1 Å². The monoisotopic (exact) mass is 302 g/mol. The normalized spacial score (nSPS) is 10.8. The molecule has 116 valence electrons. The maximum absolute atomic E-state index is 10.2. The zero-order chi connectivity index (χ0) is 16.6. The number of phenolic OH excluding ortho intramolecular Hbond substituents is 1. The molecule has 0 heterocycles. The summed E-state index contributed by atoms with van der Waals surface area (Å²) in [5.41, 5.74) is 9.41. The zero-order valence-electron chi connectivity index (χ0n) is 14.1. The van der Waals surface area contributed by atoms with Gasteiger partial charge < -0.3 is 5.11 Å². The van der Waals surface area contributed by atoms with Crippen LogP contribution >= 0.6 is 0 Å². The van der Waals surface area contributed by atoms with Gasteiger partial charge in [-0.1, -0.05) is 59.7 Å². The number of rotatable bonds is 2. The van der Waals surface area contributed by atoms with Crippen molar-refractivity contribution < 1.29 is 5.11 Å². The molecule has 0 saturated carbocycles. The van der Waals surface area contributed by atoms with Crippen LogP contribution in [0.15, 0.2) is 54.6 Å². The number of aryl methyl sites for hydroxylation is 4. The lowest BCUT2D eigenvalue weighted by Crippen LogP contribution is -1.92. The molecule has 0 aliphatic carbocycles. The summed E-state index contributed by atoms with van der Waals surface area (Å²) in [6.07, 6.45) is 0. The fourth-order valence-electron chi connectivity index (χ4n) is 3.38. The fraction of sp³-hybridized carbons (Fsp3) is 0.182. The Bertz CT molecular complexity index is 832. The minimum Gasteiger partial charge on any atom is -0.507 e. The molecule has 0 spiro atoms. The lowest BCUT2D eigenvalue weighted by atomic mass is 9.90. The first-order chi connectivity index (χ1) is 11.0. The van der Waals surface area contributed by atoms with Crippen LogP contribution in [0.4, 0.5) is 0 Å². The summed E-state index contributed by atoms with van der Waals surface area (Å²) >= 11 is 0. The number of hydrogen-bond donors (Lipinski definition) is 1. The van der Waals surface area contributed by atoms with Crippen LogP contribution in [-0.2, 0) is 0 Å². The second-order valence-electron chi connectivity index (χ2n) is 6.38. The zero-order valence-corrected chi connectivity index (χ0v) is 14.1. The Morgan fingerprint density at radius 2 is 1.17 bits per heavy atom. The third-order valence-electron chi connectivity index (χ3n) is 4.26. The van der Waals surface area contributed by atoms with Crippen LogP contribution in [-0.4, -0.2) is 5.11 Å². The summed E-state index contributed by atoms with van der Waals surface area (Å²) in [4.78, 5) is 0. The summed E-state index contributed by atoms with van der Waals surface area (Å²) in [6.45, 7) is 8.49. The Morgan fingerprint density at radius 1 is 0.652 bits per heavy atom. The molecule has 0 fully saturated rings. The average molecular weight is 302 g/mol. The molecule has 1 nitrogen and oxygen atoms in total. The van der Waals surface area contributed by atoms with Gasteiger partial charge in [-0.25, -0.2) is 0 Å². The summed E-state index contributed by atoms with van der Waals surface area (Å²) in [7, 11) is 0. The summed E-state index contributed by atoms with van der Waals surface area (Å²) in [6, 6.07) is 18.6. The van der Waals surface area contributed by atoms with Gasteiger partial charge in [0.25, 0.3) is 0 Å². The van der Waals surface area contributed by atoms with Crippen LogP contribution in [0.25, 0.3) is 22.3 Å². The van der Waals surface area contributed by atoms with Gasteiger partial charge in [0, 0.05) is 5.56 Å². The first kappa shape index (κ1) is 15.4. The van der Waals surface area contributed by atoms with Gasteiger partial charge in [-0.15, -0.1) is 0 Å². The summed E-state index contributed by atoms with van der Waals surface area (Å²) in [5, 5.41) is 10.2. The van der Waals surface area contributed by atoms with Crippen molar-refractivity contribution in [2.75, 3.05) is 0 Å². The molecule has 0 amide bonds. The number of benzene rings is 3. The van der Waals surface area contributed by atoms with Crippen LogP contribution in [0.1, 0.15) is 22.3 Å². The van der Waals surface area contributed by atoms with E-state index in [0.29, 0.717) is 5.75 Å². The Morgan fingerprint density at radius 3 is 1.74 bits per heavy atom. The van der Waals surface area contributed by atoms with E-state index >= 15 is 0 Å². The lowest BCUT2D eigenvalue weighted by Gasteiger charge is -2.15. The first-order valence-electron chi connectivity index (χ1n) is 7.94. The number of phenols is 1. The van der Waals surface area contributed by atoms with Crippen molar-refractivity contribution in [3.63, 3.8) is 0 Å². The quantitative estimate of drug-likeness (QED) is 0.619. The molecule has 0 aliphatic heterocycles. The predicted octanol–water partition coefficient (Wildman–Crippen LogP) is 5.96. The minimum atomic E-state index is 0.331. The first-order valence-corrected chi connectivity index (χ1v) is 7.94. The molecular formula is C22H22O. The highest BCUT2D eigenvalue weighted by Gasteiger charge is 2.12. The van der Waals surface area contributed by atoms with Crippen molar-refractivity contribution >= 4 is 0 Å². The average Bonchev–Trinajstić information content (AvgIpc) is 2.47. The molecule has 3 aromatic carbocycles. The van der Waals surface area contributed by atoms with Crippen molar-refractivity contribution in [2.24, 2.45) is 0 Å². The van der Waals surface area contributed by atoms with Gasteiger partial charge in [0.05, 0.1) is 0 Å². The van der Waals surface area contributed by atoms with Crippen LogP contribution in [0.2, 0.25) is 0 Å². The Balaban J connectivity index is 2.16. The third kappa shape index (κ3) is 3.00. The van der Waals surface area contributed by atoms with Gasteiger partial charge in [-0.2, -0.15) is 0 Å². The number of aromatic hydroxyl groups is 1. The second kappa shape index (κ2) is 5.92. The maximum atomic E-state index is 10.2. The van der Waals surface area contributed by atoms with Gasteiger partial charge in [0.15, 0.2) is 0 Å². The Labute approximate surface area is 138 Å². The standard InChI is InChI=1S/C22H22O/c1-14-9-15(2)11-18(10-14)19-12-16(3)22(17(4)13-19)20-7-5-6-8-21(20)23/h5-13,23H,1-4H3. The third-order valence-corrected chi connectivity index (χ3v) is 4.26. The summed E-state index contributed by atoms with van der Waals surface area (Å²) < 4.78 is 0. The van der Waals surface area contributed by atoms with E-state index in [4.69, 9.17) is 0 Å². The second-order valence-corrected chi connectivity index (χ2v) is 6.38. The van der Waals surface area contributed by atoms with Crippen molar-refractivity contribution in [3.05, 3.63) is 76.9 Å². The van der Waals surface area contributed by atoms with Gasteiger partial charge in [0.2, 0.25) is 0 Å². The molecule has 0 radical (unpaired) electrons. The molecule has 23 heavy (non-hydrogen) atoms. The predicted molar refractivity (Wildman–Crippen MR) is 97.9 cm³/mol. The topological polar surface area (TPSA) is 20.2 Å². The largest absolute Gasteiger partial charge is 0.507 e. The molecule has 0 aromatic heterocycles. The van der Waals surface area contributed by atoms with Gasteiger partial charge in [-0.05, 0) is 61.6 Å². The smallest absolute Gasteiger partial charge is 0.123 e. The van der Waals surface area contributed by atoms with Gasteiger partial charge in [-0.3, -0.25) is 0 Å². The van der Waals surface area contributed by atoms with Gasteiger partial charge in [0.1, 0.15) is 5.75 Å². The molecule has 0 unspecified atom stereocenters. The minimum absolute atomic E-state index is 0.331. The van der Waals surface area contributed by atoms with E-state index in [9.17, 15) is 5.11 Å². The summed E-state index contributed by atoms with van der Waals surface area (Å²) in [5.74, 6) is 0.331. The van der Waals surface area contributed by atoms with Crippen molar-refractivity contribution in [3.8, 4) is 28.0 Å². The van der Waals surface area contributed by atoms with Crippen molar-refractivity contribution in [2.45, 2.75) is 27.7 Å². The van der Waals surface area contributed by atoms with E-state index in [2.05, 4.69) is 58.0 Å². The van der Waals surface area contributed by atoms with Crippen LogP contribution in [0.5, 0.6) is 5.75 Å². The lowest BCUT2D eigenvalue weighted by molar-refractivity contribution is 0.477. The molecule has 1 heteroatoms. The van der Waals surface area contributed by atoms with E-state index < -0.39 is 0 Å². The van der Waals surface area contributed by atoms with Crippen LogP contribution < -0.4 is 0 Å². The highest BCUT2D eigenvalue weighted by atomic mass is 16.3. The molecule has 3 rings (SSSR count). The van der Waals surface area contributed by atoms with Crippen LogP contribution in [0, 0.1) is 27.7 Å². The highest BCUT2D eigenvalue weighted by molar-refractivity contribution is 5.80. The SMILES string of the molecule is Cc1cc(C)cc(-c2cc(C)c(-c3ccccc3O)c(C)c2)c1. The molecule has 0 aliphatic rings. The van der Waals surface area contributed by atoms with Crippen LogP contribution in [0.3, 0.4) is 0 Å². The maximum Gasteiger partial charge on any atom is 0.123 e. The Hall–Kier alpha value is -2.54. The van der Waals surface area contributed by atoms with E-state index in [1.807, 2.05) is 18.2 Å². The molecule has 0 bridgehead atoms. The van der Waals surface area contributed by atoms with Gasteiger partial charge >= 0.3 is 0 Å². The molecule has 3 aromatic rings. The number of para-hydroxylation sites is 1. The van der Waals surface area contributed by atoms with Crippen molar-refractivity contribution in [1.82, 2.24) is 0 Å².